The average molecular weight is 722 g/mol. The van der Waals surface area contributed by atoms with E-state index in [0.717, 1.165) is 42.4 Å². The SMILES string of the molecule is CC(C)(C)OC(=O)N1CCC[C@@H](N=C(N[C@@H]2CCCN(C(=O)OC(C)(C)C)C2)N2Cc3ccc(OC[C@@H](O)C(=O)OCc4ccccc4)cc3C2)C1. The van der Waals surface area contributed by atoms with E-state index in [1.807, 2.05) is 90.1 Å². The molecule has 284 valence electrons. The van der Waals surface area contributed by atoms with Gasteiger partial charge >= 0.3 is 18.2 Å². The number of rotatable bonds is 8. The maximum absolute atomic E-state index is 13.0. The lowest BCUT2D eigenvalue weighted by atomic mass is 10.1. The lowest BCUT2D eigenvalue weighted by molar-refractivity contribution is -0.156. The first-order chi connectivity index (χ1) is 24.6. The van der Waals surface area contributed by atoms with Crippen LogP contribution in [0.5, 0.6) is 5.75 Å². The van der Waals surface area contributed by atoms with Crippen molar-refractivity contribution in [3.63, 3.8) is 0 Å². The summed E-state index contributed by atoms with van der Waals surface area (Å²) in [5, 5.41) is 14.1. The largest absolute Gasteiger partial charge is 0.490 e. The van der Waals surface area contributed by atoms with Gasteiger partial charge in [-0.05, 0) is 96.0 Å². The topological polar surface area (TPSA) is 142 Å². The molecule has 2 aromatic carbocycles. The fourth-order valence-electron chi connectivity index (χ4n) is 6.38. The normalized spacial score (nSPS) is 20.1. The van der Waals surface area contributed by atoms with Gasteiger partial charge in [0.05, 0.1) is 6.04 Å². The summed E-state index contributed by atoms with van der Waals surface area (Å²) in [6.07, 6.45) is 1.24. The molecule has 0 unspecified atom stereocenters. The van der Waals surface area contributed by atoms with Gasteiger partial charge < -0.3 is 44.1 Å². The van der Waals surface area contributed by atoms with Crippen LogP contribution in [0, 0.1) is 0 Å². The summed E-state index contributed by atoms with van der Waals surface area (Å²) < 4.78 is 22.4. The van der Waals surface area contributed by atoms with Gasteiger partial charge in [0.15, 0.2) is 12.1 Å². The Kier molecular flexibility index (Phi) is 12.6. The Balaban J connectivity index is 1.26. The molecule has 2 aromatic rings. The first-order valence-electron chi connectivity index (χ1n) is 18.3. The van der Waals surface area contributed by atoms with Crippen molar-refractivity contribution < 1.29 is 38.4 Å². The molecule has 2 N–H and O–H groups in total. The predicted octanol–water partition coefficient (Wildman–Crippen LogP) is 5.23. The van der Waals surface area contributed by atoms with E-state index in [2.05, 4.69) is 10.2 Å². The Bertz CT molecular complexity index is 1570. The number of nitrogens with one attached hydrogen (secondary N) is 1. The molecule has 3 atom stereocenters. The van der Waals surface area contributed by atoms with Crippen molar-refractivity contribution in [2.45, 2.75) is 116 Å². The number of hydrogen-bond donors (Lipinski definition) is 2. The van der Waals surface area contributed by atoms with E-state index in [4.69, 9.17) is 23.9 Å². The molecule has 13 nitrogen and oxygen atoms in total. The zero-order valence-corrected chi connectivity index (χ0v) is 31.4. The molecule has 2 saturated heterocycles. The quantitative estimate of drug-likeness (QED) is 0.161. The van der Waals surface area contributed by atoms with Crippen LogP contribution in [0.2, 0.25) is 0 Å². The van der Waals surface area contributed by atoms with Crippen molar-refractivity contribution >= 4 is 24.1 Å². The summed E-state index contributed by atoms with van der Waals surface area (Å²) in [5.41, 5.74) is 1.79. The van der Waals surface area contributed by atoms with E-state index < -0.39 is 23.3 Å². The number of carbonyl (C=O) groups excluding carboxylic acids is 3. The van der Waals surface area contributed by atoms with Gasteiger partial charge in [0.1, 0.15) is 30.2 Å². The van der Waals surface area contributed by atoms with Crippen LogP contribution in [-0.4, -0.2) is 106 Å². The second-order valence-corrected chi connectivity index (χ2v) is 15.8. The van der Waals surface area contributed by atoms with Crippen molar-refractivity contribution in [2.75, 3.05) is 32.8 Å². The number of likely N-dealkylation sites (tertiary alicyclic amines) is 2. The monoisotopic (exact) mass is 721 g/mol. The van der Waals surface area contributed by atoms with Gasteiger partial charge in [-0.15, -0.1) is 0 Å². The number of piperidine rings is 2. The van der Waals surface area contributed by atoms with Crippen LogP contribution in [0.1, 0.15) is 83.9 Å². The Labute approximate surface area is 307 Å². The van der Waals surface area contributed by atoms with Gasteiger partial charge in [0.2, 0.25) is 0 Å². The number of guanidine groups is 1. The van der Waals surface area contributed by atoms with Gasteiger partial charge in [-0.25, -0.2) is 19.4 Å². The molecule has 13 heteroatoms. The van der Waals surface area contributed by atoms with E-state index in [1.54, 1.807) is 9.80 Å². The fourth-order valence-corrected chi connectivity index (χ4v) is 6.38. The van der Waals surface area contributed by atoms with Crippen LogP contribution < -0.4 is 10.1 Å². The summed E-state index contributed by atoms with van der Waals surface area (Å²) in [4.78, 5) is 49.2. The molecule has 0 saturated carbocycles. The molecule has 3 heterocycles. The number of aliphatic hydroxyl groups is 1. The number of nitrogens with zero attached hydrogens (tertiary/aromatic N) is 4. The average Bonchev–Trinajstić information content (AvgIpc) is 3.52. The molecule has 3 aliphatic rings. The van der Waals surface area contributed by atoms with Gasteiger partial charge in [0, 0.05) is 45.3 Å². The molecule has 3 aliphatic heterocycles. The second kappa shape index (κ2) is 16.9. The van der Waals surface area contributed by atoms with E-state index in [9.17, 15) is 19.5 Å². The summed E-state index contributed by atoms with van der Waals surface area (Å²) in [5.74, 6) is 0.494. The second-order valence-electron chi connectivity index (χ2n) is 15.8. The molecule has 0 spiro atoms. The number of hydrogen-bond acceptors (Lipinski definition) is 9. The maximum atomic E-state index is 13.0. The van der Waals surface area contributed by atoms with Crippen LogP contribution in [0.3, 0.4) is 0 Å². The fraction of sp³-hybridized carbons (Fsp3) is 0.590. The summed E-state index contributed by atoms with van der Waals surface area (Å²) in [7, 11) is 0. The van der Waals surface area contributed by atoms with Crippen molar-refractivity contribution in [2.24, 2.45) is 4.99 Å². The third kappa shape index (κ3) is 11.5. The molecule has 2 amide bonds. The van der Waals surface area contributed by atoms with Crippen LogP contribution in [0.4, 0.5) is 9.59 Å². The first-order valence-corrected chi connectivity index (χ1v) is 18.3. The number of carbonyl (C=O) groups is 3. The van der Waals surface area contributed by atoms with Crippen LogP contribution in [0.15, 0.2) is 53.5 Å². The zero-order valence-electron chi connectivity index (χ0n) is 31.4. The summed E-state index contributed by atoms with van der Waals surface area (Å²) in [6.45, 7) is 14.3. The summed E-state index contributed by atoms with van der Waals surface area (Å²) in [6, 6.07) is 14.8. The number of aliphatic imine (C=N–C) groups is 1. The third-order valence-corrected chi connectivity index (χ3v) is 8.86. The Morgan fingerprint density at radius 3 is 2.15 bits per heavy atom. The molecule has 0 aliphatic carbocycles. The number of benzene rings is 2. The predicted molar refractivity (Wildman–Crippen MR) is 196 cm³/mol. The number of esters is 1. The van der Waals surface area contributed by atoms with Crippen LogP contribution in [-0.2, 0) is 38.7 Å². The van der Waals surface area contributed by atoms with Crippen molar-refractivity contribution in [3.05, 3.63) is 65.2 Å². The first kappa shape index (κ1) is 38.7. The Morgan fingerprint density at radius 2 is 1.48 bits per heavy atom. The molecular formula is C39H55N5O8. The number of amides is 2. The lowest BCUT2D eigenvalue weighted by Gasteiger charge is -2.37. The smallest absolute Gasteiger partial charge is 0.410 e. The van der Waals surface area contributed by atoms with Gasteiger partial charge in [0.25, 0.3) is 0 Å². The van der Waals surface area contributed by atoms with Gasteiger partial charge in [-0.2, -0.15) is 0 Å². The molecule has 2 fully saturated rings. The third-order valence-electron chi connectivity index (χ3n) is 8.86. The molecule has 5 rings (SSSR count). The highest BCUT2D eigenvalue weighted by molar-refractivity contribution is 5.81. The highest BCUT2D eigenvalue weighted by atomic mass is 16.6. The minimum absolute atomic E-state index is 0.0451. The Hall–Kier alpha value is -4.52. The minimum atomic E-state index is -1.43. The molecular weight excluding hydrogens is 666 g/mol. The zero-order chi connectivity index (χ0) is 37.5. The van der Waals surface area contributed by atoms with Gasteiger partial charge in [-0.1, -0.05) is 36.4 Å². The summed E-state index contributed by atoms with van der Waals surface area (Å²) >= 11 is 0. The highest BCUT2D eigenvalue weighted by Gasteiger charge is 2.33. The standard InChI is InChI=1S/C39H55N5O8/c1-38(2,3)51-36(47)42-18-10-14-30(23-42)40-35(41-31-15-11-19-43(24-31)37(48)52-39(4,5)6)44-21-28-16-17-32(20-29(28)22-44)49-26-33(45)34(46)50-25-27-12-8-7-9-13-27/h7-9,12-13,16-17,20,30-31,33,45H,10-11,14-15,18-19,21-26H2,1-6H3,(H,40,41)/t30-,31-,33-/m1/s1. The highest BCUT2D eigenvalue weighted by Crippen LogP contribution is 2.28. The lowest BCUT2D eigenvalue weighted by Crippen LogP contribution is -2.54. The molecule has 0 radical (unpaired) electrons. The van der Waals surface area contributed by atoms with Crippen LogP contribution in [0.25, 0.3) is 0 Å². The van der Waals surface area contributed by atoms with Crippen molar-refractivity contribution in [3.8, 4) is 5.75 Å². The van der Waals surface area contributed by atoms with E-state index in [0.29, 0.717) is 51.0 Å². The van der Waals surface area contributed by atoms with E-state index in [1.165, 1.54) is 0 Å². The van der Waals surface area contributed by atoms with Crippen molar-refractivity contribution in [1.29, 1.82) is 0 Å². The Morgan fingerprint density at radius 1 is 0.846 bits per heavy atom. The maximum Gasteiger partial charge on any atom is 0.410 e. The molecule has 0 bridgehead atoms. The van der Waals surface area contributed by atoms with Crippen molar-refractivity contribution in [1.82, 2.24) is 20.0 Å². The van der Waals surface area contributed by atoms with Gasteiger partial charge in [-0.3, -0.25) is 0 Å². The number of ether oxygens (including phenoxy) is 4. The number of fused-ring (bicyclic) bond motifs is 1. The minimum Gasteiger partial charge on any atom is -0.490 e. The number of aliphatic hydroxyl groups excluding tert-OH is 1. The molecule has 0 aromatic heterocycles. The molecule has 52 heavy (non-hydrogen) atoms. The van der Waals surface area contributed by atoms with Crippen LogP contribution >= 0.6 is 0 Å². The van der Waals surface area contributed by atoms with E-state index >= 15 is 0 Å². The van der Waals surface area contributed by atoms with E-state index in [-0.39, 0.29) is 37.5 Å².